The number of hydrogen-bond acceptors (Lipinski definition) is 8. The van der Waals surface area contributed by atoms with Crippen LogP contribution in [-0.2, 0) is 30.9 Å². The highest BCUT2D eigenvalue weighted by atomic mass is 35.5. The molecule has 3 unspecified atom stereocenters. The van der Waals surface area contributed by atoms with Gasteiger partial charge in [0.15, 0.2) is 11.7 Å². The molecular weight excluding hydrogens is 559 g/mol. The highest BCUT2D eigenvalue weighted by molar-refractivity contribution is 7.89. The highest BCUT2D eigenvalue weighted by Gasteiger charge is 2.44. The lowest BCUT2D eigenvalue weighted by atomic mass is 9.85. The first-order chi connectivity index (χ1) is 17.8. The Morgan fingerprint density at radius 2 is 1.95 bits per heavy atom. The summed E-state index contributed by atoms with van der Waals surface area (Å²) in [7, 11) is -1.94. The number of nitrogens with zero attached hydrogens (tertiary/aromatic N) is 1. The van der Waals surface area contributed by atoms with Crippen LogP contribution in [0.2, 0.25) is 10.0 Å². The van der Waals surface area contributed by atoms with Crippen molar-refractivity contribution < 1.29 is 33.0 Å². The number of fused-ring (bicyclic) bond motifs is 1. The van der Waals surface area contributed by atoms with Crippen LogP contribution in [0.3, 0.4) is 0 Å². The Morgan fingerprint density at radius 3 is 2.61 bits per heavy atom. The molecule has 0 radical (unpaired) electrons. The van der Waals surface area contributed by atoms with Gasteiger partial charge >= 0.3 is 0 Å². The van der Waals surface area contributed by atoms with Gasteiger partial charge in [-0.05, 0) is 48.0 Å². The second-order valence-corrected chi connectivity index (χ2v) is 11.7. The van der Waals surface area contributed by atoms with E-state index in [0.717, 1.165) is 16.7 Å². The van der Waals surface area contributed by atoms with Gasteiger partial charge in [-0.15, -0.1) is 0 Å². The largest absolute Gasteiger partial charge is 0.380 e. The topological polar surface area (TPSA) is 185 Å². The monoisotopic (exact) mass is 588 g/mol. The van der Waals surface area contributed by atoms with Gasteiger partial charge in [-0.3, -0.25) is 9.59 Å². The first-order valence-electron chi connectivity index (χ1n) is 11.6. The molecule has 0 saturated carbocycles. The number of nitrogens with one attached hydrogen (secondary N) is 1. The van der Waals surface area contributed by atoms with Crippen molar-refractivity contribution in [2.24, 2.45) is 11.5 Å². The number of halogens is 2. The van der Waals surface area contributed by atoms with Crippen molar-refractivity contribution in [3.63, 3.8) is 0 Å². The predicted molar refractivity (Wildman–Crippen MR) is 141 cm³/mol. The Bertz CT molecular complexity index is 1310. The van der Waals surface area contributed by atoms with Gasteiger partial charge in [-0.1, -0.05) is 35.3 Å². The van der Waals surface area contributed by atoms with Crippen LogP contribution >= 0.6 is 23.2 Å². The fourth-order valence-corrected chi connectivity index (χ4v) is 5.96. The zero-order chi connectivity index (χ0) is 28.3. The minimum absolute atomic E-state index is 0.0607. The van der Waals surface area contributed by atoms with Gasteiger partial charge in [-0.25, -0.2) is 13.1 Å². The maximum atomic E-state index is 12.9. The summed E-state index contributed by atoms with van der Waals surface area (Å²) in [5.74, 6) is -2.81. The van der Waals surface area contributed by atoms with Crippen molar-refractivity contribution in [2.45, 2.75) is 35.5 Å². The Kier molecular flexibility index (Phi) is 9.76. The van der Waals surface area contributed by atoms with Crippen LogP contribution in [0.5, 0.6) is 0 Å². The molecule has 0 bridgehead atoms. The molecule has 1 aliphatic rings. The number of ether oxygens (including phenoxy) is 1. The predicted octanol–water partition coefficient (Wildman–Crippen LogP) is 0.318. The molecule has 0 fully saturated rings. The second-order valence-electron chi connectivity index (χ2n) is 9.13. The van der Waals surface area contributed by atoms with E-state index in [1.807, 2.05) is 19.2 Å². The molecule has 38 heavy (non-hydrogen) atoms. The zero-order valence-electron chi connectivity index (χ0n) is 20.6. The Morgan fingerprint density at radius 1 is 1.24 bits per heavy atom. The molecule has 208 valence electrons. The molecule has 7 N–H and O–H groups in total. The van der Waals surface area contributed by atoms with E-state index in [0.29, 0.717) is 23.1 Å². The van der Waals surface area contributed by atoms with Gasteiger partial charge in [-0.2, -0.15) is 0 Å². The lowest BCUT2D eigenvalue weighted by molar-refractivity contribution is -0.161. The van der Waals surface area contributed by atoms with Crippen molar-refractivity contribution >= 4 is 45.0 Å². The first kappa shape index (κ1) is 30.3. The third kappa shape index (κ3) is 6.82. The molecule has 0 spiro atoms. The first-order valence-corrected chi connectivity index (χ1v) is 13.8. The number of amides is 2. The lowest BCUT2D eigenvalue weighted by Gasteiger charge is -2.33. The van der Waals surface area contributed by atoms with Crippen molar-refractivity contribution in [1.82, 2.24) is 9.62 Å². The number of nitrogens with two attached hydrogens (primary N) is 2. The number of primary amides is 2. The van der Waals surface area contributed by atoms with Crippen molar-refractivity contribution in [3.05, 3.63) is 63.1 Å². The number of hydrogen-bond donors (Lipinski definition) is 5. The van der Waals surface area contributed by atoms with E-state index in [1.165, 1.54) is 6.07 Å². The average molecular weight is 589 g/mol. The summed E-state index contributed by atoms with van der Waals surface area (Å²) in [5.41, 5.74) is 10.1. The van der Waals surface area contributed by atoms with Gasteiger partial charge in [0.05, 0.1) is 18.1 Å². The highest BCUT2D eigenvalue weighted by Crippen LogP contribution is 2.38. The third-order valence-electron chi connectivity index (χ3n) is 6.38. The maximum absolute atomic E-state index is 12.9. The molecule has 3 atom stereocenters. The summed E-state index contributed by atoms with van der Waals surface area (Å²) in [5, 5.41) is 20.9. The summed E-state index contributed by atoms with van der Waals surface area (Å²) in [4.78, 5) is 24.8. The molecule has 2 aromatic rings. The minimum Gasteiger partial charge on any atom is -0.380 e. The van der Waals surface area contributed by atoms with E-state index in [1.54, 1.807) is 18.2 Å². The van der Waals surface area contributed by atoms with Crippen LogP contribution in [0.15, 0.2) is 41.3 Å². The summed E-state index contributed by atoms with van der Waals surface area (Å²) < 4.78 is 33.5. The summed E-state index contributed by atoms with van der Waals surface area (Å²) in [6.07, 6.45) is -2.73. The minimum atomic E-state index is -3.90. The number of likely N-dealkylation sites (N-methyl/N-ethyl adjacent to an activating group) is 1. The van der Waals surface area contributed by atoms with Gasteiger partial charge in [0.1, 0.15) is 0 Å². The molecule has 11 nitrogen and oxygen atoms in total. The quantitative estimate of drug-likeness (QED) is 0.219. The molecule has 1 heterocycles. The van der Waals surface area contributed by atoms with Crippen LogP contribution in [0, 0.1) is 0 Å². The SMILES string of the molecule is CN1Cc2c(Cl)cc(Cl)cc2C(c2cccc(S(=O)(=O)NCCOCCC(O)(C(N)=O)C(O)C(N)=O)c2)C1. The Balaban J connectivity index is 1.64. The van der Waals surface area contributed by atoms with Crippen LogP contribution in [-0.4, -0.2) is 80.4 Å². The molecule has 0 aliphatic carbocycles. The molecule has 0 saturated heterocycles. The number of sulfonamides is 1. The van der Waals surface area contributed by atoms with E-state index >= 15 is 0 Å². The molecule has 0 aromatic heterocycles. The molecule has 2 aromatic carbocycles. The fourth-order valence-electron chi connectivity index (χ4n) is 4.32. The smallest absolute Gasteiger partial charge is 0.252 e. The molecular formula is C24H30Cl2N4O7S. The van der Waals surface area contributed by atoms with Crippen molar-refractivity contribution in [1.29, 1.82) is 0 Å². The van der Waals surface area contributed by atoms with Crippen molar-refractivity contribution in [2.75, 3.05) is 33.4 Å². The average Bonchev–Trinajstić information content (AvgIpc) is 2.85. The van der Waals surface area contributed by atoms with Gasteiger partial charge in [0.2, 0.25) is 15.9 Å². The molecule has 3 rings (SSSR count). The van der Waals surface area contributed by atoms with E-state index in [-0.39, 0.29) is 30.6 Å². The number of aliphatic hydroxyl groups is 2. The second kappa shape index (κ2) is 12.3. The van der Waals surface area contributed by atoms with Crippen LogP contribution in [0.1, 0.15) is 29.0 Å². The number of aliphatic hydroxyl groups excluding tert-OH is 1. The summed E-state index contributed by atoms with van der Waals surface area (Å²) >= 11 is 12.7. The Hall–Kier alpha value is -2.29. The van der Waals surface area contributed by atoms with Gasteiger partial charge in [0.25, 0.3) is 5.91 Å². The van der Waals surface area contributed by atoms with E-state index in [9.17, 15) is 28.2 Å². The third-order valence-corrected chi connectivity index (χ3v) is 8.39. The van der Waals surface area contributed by atoms with Gasteiger partial charge < -0.3 is 31.3 Å². The zero-order valence-corrected chi connectivity index (χ0v) is 22.9. The van der Waals surface area contributed by atoms with E-state index in [4.69, 9.17) is 39.4 Å². The lowest BCUT2D eigenvalue weighted by Crippen LogP contribution is -2.58. The fraction of sp³-hybridized carbons (Fsp3) is 0.417. The van der Waals surface area contributed by atoms with Gasteiger partial charge in [0, 0.05) is 42.0 Å². The van der Waals surface area contributed by atoms with Crippen LogP contribution in [0.25, 0.3) is 0 Å². The maximum Gasteiger partial charge on any atom is 0.252 e. The molecule has 1 aliphatic heterocycles. The number of carbonyl (C=O) groups is 2. The standard InChI is InChI=1S/C24H30Cl2N4O7S/c1-30-12-18(17-10-15(25)11-20(26)19(17)13-30)14-3-2-4-16(9-14)38(35,36)29-6-8-37-7-5-24(34,23(28)33)21(31)22(27)32/h2-4,9-11,18,21,29,31,34H,5-8,12-13H2,1H3,(H2,27,32)(H2,28,33). The molecule has 2 amide bonds. The number of benzene rings is 2. The summed E-state index contributed by atoms with van der Waals surface area (Å²) in [6, 6.07) is 10.1. The van der Waals surface area contributed by atoms with Crippen molar-refractivity contribution in [3.8, 4) is 0 Å². The summed E-state index contributed by atoms with van der Waals surface area (Å²) in [6.45, 7) is 0.745. The normalized spacial score (nSPS) is 18.4. The Labute approximate surface area is 230 Å². The van der Waals surface area contributed by atoms with E-state index in [2.05, 4.69) is 9.62 Å². The molecule has 14 heteroatoms. The number of rotatable bonds is 12. The van der Waals surface area contributed by atoms with Crippen LogP contribution < -0.4 is 16.2 Å². The van der Waals surface area contributed by atoms with Crippen LogP contribution in [0.4, 0.5) is 0 Å². The van der Waals surface area contributed by atoms with E-state index < -0.39 is 40.0 Å². The number of carbonyl (C=O) groups excluding carboxylic acids is 2.